The predicted molar refractivity (Wildman–Crippen MR) is 74.4 cm³/mol. The van der Waals surface area contributed by atoms with Crippen LogP contribution in [0.2, 0.25) is 0 Å². The molecule has 19 heavy (non-hydrogen) atoms. The van der Waals surface area contributed by atoms with Gasteiger partial charge in [-0.1, -0.05) is 13.8 Å². The van der Waals surface area contributed by atoms with Crippen LogP contribution in [0, 0.1) is 17.7 Å². The van der Waals surface area contributed by atoms with E-state index >= 15 is 0 Å². The third kappa shape index (κ3) is 4.31. The number of hydrogen-bond donors (Lipinski definition) is 1. The summed E-state index contributed by atoms with van der Waals surface area (Å²) in [6.07, 6.45) is 1.23. The molecule has 1 amide bonds. The number of carbonyl (C=O) groups excluding carboxylic acids is 1. The van der Waals surface area contributed by atoms with Gasteiger partial charge < -0.3 is 5.32 Å². The molecule has 104 valence electrons. The van der Waals surface area contributed by atoms with Crippen molar-refractivity contribution in [3.05, 3.63) is 30.1 Å². The average molecular weight is 264 g/mol. The Hall–Kier alpha value is -1.42. The summed E-state index contributed by atoms with van der Waals surface area (Å²) in [5, 5.41) is 2.80. The number of halogens is 1. The Balaban J connectivity index is 1.85. The highest BCUT2D eigenvalue weighted by Gasteiger charge is 2.23. The monoisotopic (exact) mass is 264 g/mol. The van der Waals surface area contributed by atoms with E-state index in [0.29, 0.717) is 24.1 Å². The number of hydrogen-bond acceptors (Lipinski definition) is 2. The summed E-state index contributed by atoms with van der Waals surface area (Å²) in [7, 11) is 0. The molecule has 0 unspecified atom stereocenters. The molecule has 4 heteroatoms. The van der Waals surface area contributed by atoms with Gasteiger partial charge in [-0.3, -0.25) is 9.69 Å². The maximum Gasteiger partial charge on any atom is 0.238 e. The van der Waals surface area contributed by atoms with Crippen LogP contribution in [0.4, 0.5) is 10.1 Å². The molecule has 3 nitrogen and oxygen atoms in total. The Bertz CT molecular complexity index is 422. The summed E-state index contributed by atoms with van der Waals surface area (Å²) in [5.74, 6) is 0.953. The van der Waals surface area contributed by atoms with E-state index < -0.39 is 0 Å². The van der Waals surface area contributed by atoms with Gasteiger partial charge in [-0.05, 0) is 42.5 Å². The second-order valence-electron chi connectivity index (χ2n) is 5.70. The van der Waals surface area contributed by atoms with Crippen LogP contribution in [0.15, 0.2) is 24.3 Å². The van der Waals surface area contributed by atoms with E-state index in [0.717, 1.165) is 13.1 Å². The van der Waals surface area contributed by atoms with Crippen LogP contribution >= 0.6 is 0 Å². The van der Waals surface area contributed by atoms with Crippen molar-refractivity contribution in [2.45, 2.75) is 20.3 Å². The maximum absolute atomic E-state index is 12.8. The number of piperidine rings is 1. The second kappa shape index (κ2) is 6.15. The molecule has 1 saturated heterocycles. The molecular formula is C15H21FN2O. The molecule has 1 aromatic rings. The molecule has 1 fully saturated rings. The minimum atomic E-state index is -0.295. The Morgan fingerprint density at radius 2 is 1.84 bits per heavy atom. The lowest BCUT2D eigenvalue weighted by atomic mass is 9.92. The largest absolute Gasteiger partial charge is 0.325 e. The zero-order chi connectivity index (χ0) is 13.8. The SMILES string of the molecule is C[C@H]1C[C@H](C)CN(CC(=O)Nc2ccc(F)cc2)C1. The first-order chi connectivity index (χ1) is 9.02. The molecule has 1 heterocycles. The number of anilines is 1. The third-order valence-electron chi connectivity index (χ3n) is 3.44. The summed E-state index contributed by atoms with van der Waals surface area (Å²) in [6, 6.07) is 5.85. The molecule has 1 N–H and O–H groups in total. The van der Waals surface area contributed by atoms with Gasteiger partial charge in [0.1, 0.15) is 5.82 Å². The van der Waals surface area contributed by atoms with Crippen molar-refractivity contribution in [3.63, 3.8) is 0 Å². The fourth-order valence-corrected chi connectivity index (χ4v) is 2.86. The molecular weight excluding hydrogens is 243 g/mol. The molecule has 1 aromatic carbocycles. The zero-order valence-electron chi connectivity index (χ0n) is 11.5. The molecule has 0 aromatic heterocycles. The quantitative estimate of drug-likeness (QED) is 0.910. The second-order valence-corrected chi connectivity index (χ2v) is 5.70. The standard InChI is InChI=1S/C15H21FN2O/c1-11-7-12(2)9-18(8-11)10-15(19)17-14-5-3-13(16)4-6-14/h3-6,11-12H,7-10H2,1-2H3,(H,17,19)/t11-,12-/m0/s1. The van der Waals surface area contributed by atoms with Crippen molar-refractivity contribution in [3.8, 4) is 0 Å². The number of carbonyl (C=O) groups is 1. The van der Waals surface area contributed by atoms with Crippen LogP contribution in [0.25, 0.3) is 0 Å². The van der Waals surface area contributed by atoms with Gasteiger partial charge in [-0.25, -0.2) is 4.39 Å². The molecule has 0 saturated carbocycles. The average Bonchev–Trinajstić information content (AvgIpc) is 2.30. The lowest BCUT2D eigenvalue weighted by Crippen LogP contribution is -2.42. The smallest absolute Gasteiger partial charge is 0.238 e. The fourth-order valence-electron chi connectivity index (χ4n) is 2.86. The molecule has 1 aliphatic heterocycles. The van der Waals surface area contributed by atoms with Crippen molar-refractivity contribution < 1.29 is 9.18 Å². The lowest BCUT2D eigenvalue weighted by Gasteiger charge is -2.34. The fraction of sp³-hybridized carbons (Fsp3) is 0.533. The van der Waals surface area contributed by atoms with E-state index in [9.17, 15) is 9.18 Å². The van der Waals surface area contributed by atoms with Gasteiger partial charge in [0.15, 0.2) is 0 Å². The number of rotatable bonds is 3. The van der Waals surface area contributed by atoms with E-state index in [1.54, 1.807) is 12.1 Å². The Morgan fingerprint density at radius 3 is 2.42 bits per heavy atom. The van der Waals surface area contributed by atoms with Gasteiger partial charge in [0, 0.05) is 18.8 Å². The van der Waals surface area contributed by atoms with Gasteiger partial charge in [0.2, 0.25) is 5.91 Å². The van der Waals surface area contributed by atoms with E-state index in [1.807, 2.05) is 0 Å². The van der Waals surface area contributed by atoms with E-state index in [1.165, 1.54) is 18.6 Å². The van der Waals surface area contributed by atoms with Crippen LogP contribution < -0.4 is 5.32 Å². The van der Waals surface area contributed by atoms with Gasteiger partial charge in [-0.2, -0.15) is 0 Å². The highest BCUT2D eigenvalue weighted by molar-refractivity contribution is 5.92. The molecule has 2 atom stereocenters. The van der Waals surface area contributed by atoms with Crippen LogP contribution in [0.5, 0.6) is 0 Å². The maximum atomic E-state index is 12.8. The highest BCUT2D eigenvalue weighted by atomic mass is 19.1. The molecule has 1 aliphatic rings. The Kier molecular flexibility index (Phi) is 4.53. The van der Waals surface area contributed by atoms with Crippen LogP contribution in [0.1, 0.15) is 20.3 Å². The number of amides is 1. The van der Waals surface area contributed by atoms with Crippen LogP contribution in [-0.4, -0.2) is 30.4 Å². The summed E-state index contributed by atoms with van der Waals surface area (Å²) < 4.78 is 12.8. The van der Waals surface area contributed by atoms with Crippen molar-refractivity contribution in [2.75, 3.05) is 25.0 Å². The number of nitrogens with zero attached hydrogens (tertiary/aromatic N) is 1. The van der Waals surface area contributed by atoms with E-state index in [2.05, 4.69) is 24.1 Å². The van der Waals surface area contributed by atoms with Gasteiger partial charge >= 0.3 is 0 Å². The lowest BCUT2D eigenvalue weighted by molar-refractivity contribution is -0.117. The van der Waals surface area contributed by atoms with Crippen molar-refractivity contribution in [2.24, 2.45) is 11.8 Å². The predicted octanol–water partition coefficient (Wildman–Crippen LogP) is 2.74. The van der Waals surface area contributed by atoms with Crippen LogP contribution in [0.3, 0.4) is 0 Å². The van der Waals surface area contributed by atoms with E-state index in [-0.39, 0.29) is 11.7 Å². The Morgan fingerprint density at radius 1 is 1.26 bits per heavy atom. The normalized spacial score (nSPS) is 24.2. The number of likely N-dealkylation sites (tertiary alicyclic amines) is 1. The first-order valence-electron chi connectivity index (χ1n) is 6.80. The summed E-state index contributed by atoms with van der Waals surface area (Å²) in [6.45, 7) is 6.80. The van der Waals surface area contributed by atoms with Gasteiger partial charge in [0.25, 0.3) is 0 Å². The van der Waals surface area contributed by atoms with Gasteiger partial charge in [0.05, 0.1) is 6.54 Å². The van der Waals surface area contributed by atoms with E-state index in [4.69, 9.17) is 0 Å². The van der Waals surface area contributed by atoms with Gasteiger partial charge in [-0.15, -0.1) is 0 Å². The number of benzene rings is 1. The molecule has 2 rings (SSSR count). The summed E-state index contributed by atoms with van der Waals surface area (Å²) >= 11 is 0. The summed E-state index contributed by atoms with van der Waals surface area (Å²) in [5.41, 5.74) is 0.643. The van der Waals surface area contributed by atoms with Crippen molar-refractivity contribution in [1.29, 1.82) is 0 Å². The minimum Gasteiger partial charge on any atom is -0.325 e. The molecule has 0 radical (unpaired) electrons. The molecule has 0 aliphatic carbocycles. The minimum absolute atomic E-state index is 0.0343. The van der Waals surface area contributed by atoms with Crippen LogP contribution in [-0.2, 0) is 4.79 Å². The van der Waals surface area contributed by atoms with Crippen molar-refractivity contribution >= 4 is 11.6 Å². The molecule has 0 bridgehead atoms. The first kappa shape index (κ1) is 14.0. The first-order valence-corrected chi connectivity index (χ1v) is 6.80. The third-order valence-corrected chi connectivity index (χ3v) is 3.44. The Labute approximate surface area is 113 Å². The topological polar surface area (TPSA) is 32.3 Å². The molecule has 0 spiro atoms. The zero-order valence-corrected chi connectivity index (χ0v) is 11.5. The number of nitrogens with one attached hydrogen (secondary N) is 1. The highest BCUT2D eigenvalue weighted by Crippen LogP contribution is 2.20. The summed E-state index contributed by atoms with van der Waals surface area (Å²) in [4.78, 5) is 14.1. The van der Waals surface area contributed by atoms with Crippen molar-refractivity contribution in [1.82, 2.24) is 4.90 Å².